The molecule has 4 rings (SSSR count). The van der Waals surface area contributed by atoms with Crippen molar-refractivity contribution < 1.29 is 9.18 Å². The molecule has 1 aliphatic rings. The minimum atomic E-state index is -0.369. The average Bonchev–Trinajstić information content (AvgIpc) is 3.24. The van der Waals surface area contributed by atoms with Gasteiger partial charge in [-0.25, -0.2) is 4.39 Å². The lowest BCUT2D eigenvalue weighted by Gasteiger charge is -2.15. The minimum absolute atomic E-state index is 0.00791. The second-order valence-electron chi connectivity index (χ2n) is 6.79. The van der Waals surface area contributed by atoms with Crippen LogP contribution in [0.3, 0.4) is 0 Å². The minimum Gasteiger partial charge on any atom is -0.309 e. The molecule has 0 unspecified atom stereocenters. The molecule has 0 saturated carbocycles. The summed E-state index contributed by atoms with van der Waals surface area (Å²) >= 11 is 0. The van der Waals surface area contributed by atoms with Crippen LogP contribution in [0.1, 0.15) is 22.4 Å². The van der Waals surface area contributed by atoms with Gasteiger partial charge in [-0.1, -0.05) is 48.5 Å². The number of carbonyl (C=O) groups excluding carboxylic acids is 1. The van der Waals surface area contributed by atoms with Crippen LogP contribution in [0, 0.1) is 5.82 Å². The summed E-state index contributed by atoms with van der Waals surface area (Å²) in [6.07, 6.45) is 0.972. The van der Waals surface area contributed by atoms with Crippen LogP contribution in [-0.4, -0.2) is 27.5 Å². The fourth-order valence-electron chi connectivity index (χ4n) is 3.39. The molecule has 0 radical (unpaired) electrons. The highest BCUT2D eigenvalue weighted by molar-refractivity contribution is 5.92. The Morgan fingerprint density at radius 2 is 1.89 bits per heavy atom. The van der Waals surface area contributed by atoms with Crippen molar-refractivity contribution in [2.24, 2.45) is 0 Å². The van der Waals surface area contributed by atoms with Gasteiger partial charge in [0.25, 0.3) is 0 Å². The molecule has 0 bridgehead atoms. The average molecular weight is 364 g/mol. The Hall–Kier alpha value is -2.99. The van der Waals surface area contributed by atoms with Gasteiger partial charge in [0.2, 0.25) is 5.91 Å². The zero-order chi connectivity index (χ0) is 18.6. The smallest absolute Gasteiger partial charge is 0.230 e. The molecule has 2 aromatic carbocycles. The number of halogens is 1. The molecule has 0 atom stereocenters. The van der Waals surface area contributed by atoms with E-state index in [0.29, 0.717) is 11.4 Å². The third-order valence-corrected chi connectivity index (χ3v) is 4.84. The van der Waals surface area contributed by atoms with E-state index in [2.05, 4.69) is 44.7 Å². The first kappa shape index (κ1) is 17.4. The Bertz CT molecular complexity index is 938. The molecule has 0 fully saturated rings. The molecule has 3 aromatic rings. The number of benzene rings is 2. The number of anilines is 1. The third kappa shape index (κ3) is 4.06. The number of nitrogens with zero attached hydrogens (tertiary/aromatic N) is 2. The number of rotatable bonds is 6. The van der Waals surface area contributed by atoms with Crippen molar-refractivity contribution in [2.45, 2.75) is 25.9 Å². The van der Waals surface area contributed by atoms with E-state index >= 15 is 0 Å². The quantitative estimate of drug-likeness (QED) is 0.706. The van der Waals surface area contributed by atoms with Crippen LogP contribution in [0.4, 0.5) is 10.2 Å². The Labute approximate surface area is 157 Å². The molecule has 0 saturated heterocycles. The molecule has 0 spiro atoms. The number of H-pyrrole nitrogens is 1. The largest absolute Gasteiger partial charge is 0.309 e. The van der Waals surface area contributed by atoms with Gasteiger partial charge < -0.3 is 5.32 Å². The van der Waals surface area contributed by atoms with Crippen molar-refractivity contribution in [1.29, 1.82) is 0 Å². The van der Waals surface area contributed by atoms with E-state index in [0.717, 1.165) is 37.3 Å². The van der Waals surface area contributed by atoms with Gasteiger partial charge in [-0.3, -0.25) is 14.8 Å². The van der Waals surface area contributed by atoms with E-state index < -0.39 is 0 Å². The number of carbonyl (C=O) groups is 1. The summed E-state index contributed by atoms with van der Waals surface area (Å²) < 4.78 is 13.7. The van der Waals surface area contributed by atoms with Crippen molar-refractivity contribution >= 4 is 11.7 Å². The number of fused-ring (bicyclic) bond motifs is 1. The summed E-state index contributed by atoms with van der Waals surface area (Å²) in [6.45, 7) is 2.47. The molecular formula is C21H21FN4O. The normalized spacial score (nSPS) is 13.5. The third-order valence-electron chi connectivity index (χ3n) is 4.84. The summed E-state index contributed by atoms with van der Waals surface area (Å²) in [6, 6.07) is 16.7. The summed E-state index contributed by atoms with van der Waals surface area (Å²) in [5, 5.41) is 10.0. The Morgan fingerprint density at radius 1 is 1.11 bits per heavy atom. The molecule has 0 aliphatic carbocycles. The van der Waals surface area contributed by atoms with E-state index in [1.54, 1.807) is 18.2 Å². The van der Waals surface area contributed by atoms with Crippen LogP contribution < -0.4 is 5.32 Å². The van der Waals surface area contributed by atoms with Gasteiger partial charge in [0, 0.05) is 25.2 Å². The van der Waals surface area contributed by atoms with Gasteiger partial charge in [-0.15, -0.1) is 0 Å². The van der Waals surface area contributed by atoms with E-state index in [-0.39, 0.29) is 18.1 Å². The van der Waals surface area contributed by atoms with Gasteiger partial charge in [-0.05, 0) is 23.6 Å². The summed E-state index contributed by atoms with van der Waals surface area (Å²) in [5.41, 5.74) is 3.74. The van der Waals surface area contributed by atoms with E-state index in [4.69, 9.17) is 0 Å². The lowest BCUT2D eigenvalue weighted by atomic mass is 10.1. The molecule has 1 aromatic heterocycles. The first-order chi connectivity index (χ1) is 13.2. The lowest BCUT2D eigenvalue weighted by molar-refractivity contribution is -0.115. The summed E-state index contributed by atoms with van der Waals surface area (Å²) in [5.74, 6) is -0.0855. The highest BCUT2D eigenvalue weighted by Crippen LogP contribution is 2.27. The highest BCUT2D eigenvalue weighted by atomic mass is 19.1. The topological polar surface area (TPSA) is 61.0 Å². The molecular weight excluding hydrogens is 343 g/mol. The zero-order valence-electron chi connectivity index (χ0n) is 14.9. The maximum Gasteiger partial charge on any atom is 0.230 e. The fraction of sp³-hybridized carbons (Fsp3) is 0.238. The van der Waals surface area contributed by atoms with Gasteiger partial charge in [0.15, 0.2) is 5.82 Å². The monoisotopic (exact) mass is 364 g/mol. The molecule has 2 N–H and O–H groups in total. The molecule has 5 nitrogen and oxygen atoms in total. The molecule has 6 heteroatoms. The van der Waals surface area contributed by atoms with Crippen LogP contribution in [0.15, 0.2) is 54.6 Å². The molecule has 1 amide bonds. The van der Waals surface area contributed by atoms with Crippen LogP contribution in [0.2, 0.25) is 0 Å². The standard InChI is InChI=1S/C21H21FN4O/c22-18-9-5-4-8-16(18)12-20(27)23-21-17-13-26(14-19(17)24-25-21)11-10-15-6-2-1-3-7-15/h1-9H,10-14H2,(H2,23,24,25,27). The number of aromatic amines is 1. The molecule has 27 heavy (non-hydrogen) atoms. The molecule has 138 valence electrons. The molecule has 2 heterocycles. The van der Waals surface area contributed by atoms with Crippen molar-refractivity contribution in [3.05, 3.63) is 82.8 Å². The number of nitrogens with one attached hydrogen (secondary N) is 2. The maximum absolute atomic E-state index is 13.7. The van der Waals surface area contributed by atoms with Crippen molar-refractivity contribution in [2.75, 3.05) is 11.9 Å². The van der Waals surface area contributed by atoms with Crippen molar-refractivity contribution in [3.63, 3.8) is 0 Å². The number of aromatic nitrogens is 2. The Morgan fingerprint density at radius 3 is 2.70 bits per heavy atom. The van der Waals surface area contributed by atoms with Crippen LogP contribution in [0.25, 0.3) is 0 Å². The van der Waals surface area contributed by atoms with Crippen LogP contribution >= 0.6 is 0 Å². The summed E-state index contributed by atoms with van der Waals surface area (Å²) in [4.78, 5) is 14.6. The fourth-order valence-corrected chi connectivity index (χ4v) is 3.39. The predicted octanol–water partition coefficient (Wildman–Crippen LogP) is 3.29. The SMILES string of the molecule is O=C(Cc1ccccc1F)Nc1n[nH]c2c1CN(CCc1ccccc1)C2. The van der Waals surface area contributed by atoms with Crippen LogP contribution in [-0.2, 0) is 30.7 Å². The van der Waals surface area contributed by atoms with E-state index in [9.17, 15) is 9.18 Å². The number of hydrogen-bond acceptors (Lipinski definition) is 3. The van der Waals surface area contributed by atoms with Gasteiger partial charge in [0.1, 0.15) is 5.82 Å². The number of hydrogen-bond donors (Lipinski definition) is 2. The van der Waals surface area contributed by atoms with Crippen molar-refractivity contribution in [1.82, 2.24) is 15.1 Å². The highest BCUT2D eigenvalue weighted by Gasteiger charge is 2.25. The first-order valence-corrected chi connectivity index (χ1v) is 9.04. The van der Waals surface area contributed by atoms with Crippen LogP contribution in [0.5, 0.6) is 0 Å². The lowest BCUT2D eigenvalue weighted by Crippen LogP contribution is -2.21. The van der Waals surface area contributed by atoms with Crippen molar-refractivity contribution in [3.8, 4) is 0 Å². The maximum atomic E-state index is 13.7. The second-order valence-corrected chi connectivity index (χ2v) is 6.79. The van der Waals surface area contributed by atoms with E-state index in [1.807, 2.05) is 6.07 Å². The van der Waals surface area contributed by atoms with Gasteiger partial charge in [-0.2, -0.15) is 5.10 Å². The Balaban J connectivity index is 1.35. The predicted molar refractivity (Wildman–Crippen MR) is 102 cm³/mol. The molecule has 1 aliphatic heterocycles. The zero-order valence-corrected chi connectivity index (χ0v) is 14.9. The number of amides is 1. The second kappa shape index (κ2) is 7.72. The summed E-state index contributed by atoms with van der Waals surface area (Å²) in [7, 11) is 0. The Kier molecular flexibility index (Phi) is 4.98. The first-order valence-electron chi connectivity index (χ1n) is 9.04. The van der Waals surface area contributed by atoms with E-state index in [1.165, 1.54) is 11.6 Å². The van der Waals surface area contributed by atoms with Gasteiger partial charge in [0.05, 0.1) is 12.1 Å². The van der Waals surface area contributed by atoms with Gasteiger partial charge >= 0.3 is 0 Å².